The number of fused-ring (bicyclic) bond motifs is 1. The maximum atomic E-state index is 2.51. The highest BCUT2D eigenvalue weighted by Gasteiger charge is 2.29. The van der Waals surface area contributed by atoms with Gasteiger partial charge in [0.05, 0.1) is 0 Å². The Kier molecular flexibility index (Phi) is 3.16. The van der Waals surface area contributed by atoms with Gasteiger partial charge < -0.3 is 0 Å². The first-order valence-corrected chi connectivity index (χ1v) is 6.75. The normalized spacial score (nSPS) is 18.8. The first-order valence-electron chi connectivity index (χ1n) is 6.75. The Hall–Kier alpha value is -1.04. The molecular weight excluding hydrogens is 204 g/mol. The minimum Gasteiger partial charge on any atom is -0.0726 e. The van der Waals surface area contributed by atoms with Crippen LogP contribution in [-0.4, -0.2) is 0 Å². The molecule has 0 heterocycles. The molecule has 0 nitrogen and oxygen atoms in total. The van der Waals surface area contributed by atoms with Gasteiger partial charge in [0.25, 0.3) is 0 Å². The predicted octanol–water partition coefficient (Wildman–Crippen LogP) is 5.10. The van der Waals surface area contributed by atoms with Crippen molar-refractivity contribution in [2.75, 3.05) is 0 Å². The molecule has 2 rings (SSSR count). The highest BCUT2D eigenvalue weighted by atomic mass is 14.3. The van der Waals surface area contributed by atoms with Crippen molar-refractivity contribution >= 4 is 5.57 Å². The topological polar surface area (TPSA) is 0 Å². The van der Waals surface area contributed by atoms with Crippen LogP contribution in [0.3, 0.4) is 0 Å². The summed E-state index contributed by atoms with van der Waals surface area (Å²) in [5.74, 6) is 1.92. The molecule has 1 aliphatic rings. The Bertz CT molecular complexity index is 461. The van der Waals surface area contributed by atoms with Crippen LogP contribution < -0.4 is 0 Å². The SMILES string of the molecule is Cc1ccc(C)c2c1C(C(C)C)=CC2C(C)C. The number of aryl methyl sites for hydroxylation is 2. The van der Waals surface area contributed by atoms with E-state index in [9.17, 15) is 0 Å². The first kappa shape index (κ1) is 12.4. The molecule has 0 radical (unpaired) electrons. The fraction of sp³-hybridized carbons (Fsp3) is 0.529. The van der Waals surface area contributed by atoms with E-state index in [1.165, 1.54) is 11.1 Å². The molecule has 0 saturated heterocycles. The summed E-state index contributed by atoms with van der Waals surface area (Å²) in [6, 6.07) is 4.55. The average Bonchev–Trinajstić information content (AvgIpc) is 2.64. The summed E-state index contributed by atoms with van der Waals surface area (Å²) in [7, 11) is 0. The van der Waals surface area contributed by atoms with Crippen molar-refractivity contribution in [2.24, 2.45) is 11.8 Å². The van der Waals surface area contributed by atoms with Crippen LogP contribution in [0.5, 0.6) is 0 Å². The molecule has 1 atom stereocenters. The van der Waals surface area contributed by atoms with E-state index in [1.807, 2.05) is 0 Å². The van der Waals surface area contributed by atoms with Gasteiger partial charge in [0, 0.05) is 5.92 Å². The summed E-state index contributed by atoms with van der Waals surface area (Å²) in [6.07, 6.45) is 2.51. The van der Waals surface area contributed by atoms with Gasteiger partial charge in [-0.15, -0.1) is 0 Å². The van der Waals surface area contributed by atoms with Crippen LogP contribution in [0.1, 0.15) is 55.9 Å². The predicted molar refractivity (Wildman–Crippen MR) is 76.3 cm³/mol. The molecule has 1 aliphatic carbocycles. The summed E-state index contributed by atoms with van der Waals surface area (Å²) in [5, 5.41) is 0. The zero-order chi connectivity index (χ0) is 12.7. The minimum absolute atomic E-state index is 0.613. The lowest BCUT2D eigenvalue weighted by atomic mass is 9.85. The molecule has 0 fully saturated rings. The second-order valence-corrected chi connectivity index (χ2v) is 6.03. The third-order valence-corrected chi connectivity index (χ3v) is 3.99. The highest BCUT2D eigenvalue weighted by Crippen LogP contribution is 2.45. The van der Waals surface area contributed by atoms with E-state index < -0.39 is 0 Å². The fourth-order valence-electron chi connectivity index (χ4n) is 3.01. The van der Waals surface area contributed by atoms with Gasteiger partial charge in [-0.2, -0.15) is 0 Å². The van der Waals surface area contributed by atoms with Crippen LogP contribution in [-0.2, 0) is 0 Å². The van der Waals surface area contributed by atoms with E-state index in [4.69, 9.17) is 0 Å². The molecule has 0 N–H and O–H groups in total. The second kappa shape index (κ2) is 4.33. The number of hydrogen-bond acceptors (Lipinski definition) is 0. The lowest BCUT2D eigenvalue weighted by Crippen LogP contribution is -2.04. The van der Waals surface area contributed by atoms with Crippen molar-refractivity contribution < 1.29 is 0 Å². The Morgan fingerprint density at radius 3 is 2.06 bits per heavy atom. The van der Waals surface area contributed by atoms with Gasteiger partial charge in [-0.05, 0) is 53.5 Å². The standard InChI is InChI=1S/C17H24/c1-10(2)14-9-15(11(3)4)17-13(6)8-7-12(5)16(14)17/h7-11,14H,1-6H3. The summed E-state index contributed by atoms with van der Waals surface area (Å²) in [4.78, 5) is 0. The van der Waals surface area contributed by atoms with Crippen LogP contribution in [0.2, 0.25) is 0 Å². The van der Waals surface area contributed by atoms with Crippen LogP contribution in [0.25, 0.3) is 5.57 Å². The Labute approximate surface area is 106 Å². The second-order valence-electron chi connectivity index (χ2n) is 6.03. The van der Waals surface area contributed by atoms with Gasteiger partial charge in [0.15, 0.2) is 0 Å². The molecule has 1 aromatic carbocycles. The maximum absolute atomic E-state index is 2.51. The lowest BCUT2D eigenvalue weighted by Gasteiger charge is -2.19. The summed E-state index contributed by atoms with van der Waals surface area (Å²) >= 11 is 0. The average molecular weight is 228 g/mol. The zero-order valence-corrected chi connectivity index (χ0v) is 12.0. The molecule has 0 aromatic heterocycles. The molecule has 0 aliphatic heterocycles. The quantitative estimate of drug-likeness (QED) is 0.661. The lowest BCUT2D eigenvalue weighted by molar-refractivity contribution is 0.581. The fourth-order valence-corrected chi connectivity index (χ4v) is 3.01. The van der Waals surface area contributed by atoms with Crippen LogP contribution in [0.15, 0.2) is 18.2 Å². The highest BCUT2D eigenvalue weighted by molar-refractivity contribution is 5.79. The largest absolute Gasteiger partial charge is 0.0726 e. The van der Waals surface area contributed by atoms with E-state index in [0.717, 1.165) is 0 Å². The van der Waals surface area contributed by atoms with Gasteiger partial charge in [0.1, 0.15) is 0 Å². The van der Waals surface area contributed by atoms with Crippen LogP contribution >= 0.6 is 0 Å². The molecule has 92 valence electrons. The van der Waals surface area contributed by atoms with Crippen LogP contribution in [0, 0.1) is 25.7 Å². The van der Waals surface area contributed by atoms with Crippen molar-refractivity contribution in [2.45, 2.75) is 47.5 Å². The minimum atomic E-state index is 0.613. The van der Waals surface area contributed by atoms with Crippen molar-refractivity contribution in [3.63, 3.8) is 0 Å². The van der Waals surface area contributed by atoms with E-state index in [0.29, 0.717) is 17.8 Å². The van der Waals surface area contributed by atoms with Gasteiger partial charge >= 0.3 is 0 Å². The Morgan fingerprint density at radius 1 is 0.941 bits per heavy atom. The van der Waals surface area contributed by atoms with Crippen LogP contribution in [0.4, 0.5) is 0 Å². The molecular formula is C17H24. The third-order valence-electron chi connectivity index (χ3n) is 3.99. The van der Waals surface area contributed by atoms with E-state index in [-0.39, 0.29) is 0 Å². The monoisotopic (exact) mass is 228 g/mol. The molecule has 1 aromatic rings. The number of hydrogen-bond donors (Lipinski definition) is 0. The number of allylic oxidation sites excluding steroid dienone is 2. The molecule has 0 amide bonds. The van der Waals surface area contributed by atoms with Gasteiger partial charge in [-0.25, -0.2) is 0 Å². The molecule has 0 spiro atoms. The van der Waals surface area contributed by atoms with Crippen molar-refractivity contribution in [3.8, 4) is 0 Å². The Morgan fingerprint density at radius 2 is 1.53 bits per heavy atom. The summed E-state index contributed by atoms with van der Waals surface area (Å²) in [6.45, 7) is 13.8. The van der Waals surface area contributed by atoms with E-state index >= 15 is 0 Å². The number of rotatable bonds is 2. The van der Waals surface area contributed by atoms with E-state index in [1.54, 1.807) is 16.7 Å². The van der Waals surface area contributed by atoms with Gasteiger partial charge in [-0.3, -0.25) is 0 Å². The van der Waals surface area contributed by atoms with Crippen molar-refractivity contribution in [3.05, 3.63) is 40.5 Å². The summed E-state index contributed by atoms with van der Waals surface area (Å²) in [5.41, 5.74) is 7.58. The Balaban J connectivity index is 2.66. The van der Waals surface area contributed by atoms with Crippen molar-refractivity contribution in [1.29, 1.82) is 0 Å². The first-order chi connectivity index (χ1) is 7.93. The molecule has 1 unspecified atom stereocenters. The van der Waals surface area contributed by atoms with E-state index in [2.05, 4.69) is 59.8 Å². The molecule has 0 bridgehead atoms. The molecule has 0 saturated carbocycles. The summed E-state index contributed by atoms with van der Waals surface area (Å²) < 4.78 is 0. The number of benzene rings is 1. The van der Waals surface area contributed by atoms with Gasteiger partial charge in [0.2, 0.25) is 0 Å². The van der Waals surface area contributed by atoms with Crippen molar-refractivity contribution in [1.82, 2.24) is 0 Å². The third kappa shape index (κ3) is 1.94. The molecule has 17 heavy (non-hydrogen) atoms. The van der Waals surface area contributed by atoms with Gasteiger partial charge in [-0.1, -0.05) is 45.9 Å². The molecule has 0 heteroatoms. The maximum Gasteiger partial charge on any atom is 0.00558 e. The zero-order valence-electron chi connectivity index (χ0n) is 12.0. The smallest absolute Gasteiger partial charge is 0.00558 e.